The molecule has 0 bridgehead atoms. The van der Waals surface area contributed by atoms with Crippen LogP contribution in [0.1, 0.15) is 18.4 Å². The van der Waals surface area contributed by atoms with Crippen LogP contribution < -0.4 is 9.80 Å². The van der Waals surface area contributed by atoms with Gasteiger partial charge >= 0.3 is 0 Å². The lowest BCUT2D eigenvalue weighted by Crippen LogP contribution is -3.09. The highest BCUT2D eigenvalue weighted by molar-refractivity contribution is 8.00. The predicted molar refractivity (Wildman–Crippen MR) is 114 cm³/mol. The maximum atomic E-state index is 13.1. The number of hydrogen-bond donors (Lipinski definition) is 1. The zero-order chi connectivity index (χ0) is 18.8. The van der Waals surface area contributed by atoms with Crippen LogP contribution in [0.3, 0.4) is 0 Å². The third-order valence-corrected chi connectivity index (χ3v) is 7.06. The number of amides is 1. The van der Waals surface area contributed by atoms with Crippen molar-refractivity contribution in [3.63, 3.8) is 0 Å². The van der Waals surface area contributed by atoms with Crippen LogP contribution in [-0.2, 0) is 11.3 Å². The molecule has 1 unspecified atom stereocenters. The van der Waals surface area contributed by atoms with E-state index in [-0.39, 0.29) is 5.91 Å². The number of rotatable bonds is 4. The summed E-state index contributed by atoms with van der Waals surface area (Å²) in [6.07, 6.45) is 1.02. The van der Waals surface area contributed by atoms with Crippen molar-refractivity contribution in [2.45, 2.75) is 30.0 Å². The van der Waals surface area contributed by atoms with Gasteiger partial charge in [-0.3, -0.25) is 4.79 Å². The molecule has 2 atom stereocenters. The van der Waals surface area contributed by atoms with Gasteiger partial charge in [0.1, 0.15) is 11.6 Å². The third kappa shape index (κ3) is 4.18. The van der Waals surface area contributed by atoms with Gasteiger partial charge in [-0.15, -0.1) is 23.1 Å². The predicted octanol–water partition coefficient (Wildman–Crippen LogP) is 3.23. The van der Waals surface area contributed by atoms with Gasteiger partial charge in [-0.1, -0.05) is 31.2 Å². The van der Waals surface area contributed by atoms with Crippen molar-refractivity contribution in [2.24, 2.45) is 0 Å². The quantitative estimate of drug-likeness (QED) is 0.733. The molecule has 6 heteroatoms. The summed E-state index contributed by atoms with van der Waals surface area (Å²) in [6.45, 7) is 4.27. The van der Waals surface area contributed by atoms with E-state index in [0.29, 0.717) is 11.8 Å². The van der Waals surface area contributed by atoms with E-state index < -0.39 is 0 Å². The molecule has 3 aromatic rings. The number of aromatic nitrogens is 1. The number of fused-ring (bicyclic) bond motifs is 2. The molecule has 1 N–H and O–H groups in total. The standard InChI is InChI=1S/C21H23N3OS2/c1-15-11-12-24(17-8-4-6-10-19(17)26-15)21(25)14-23(2)13-20-22-16-7-3-5-9-18(16)27-20/h3-10,15H,11-14H2,1-2H3/p+1/t15-/m1/s1. The number of nitrogens with zero attached hydrogens (tertiary/aromatic N) is 2. The van der Waals surface area contributed by atoms with E-state index in [9.17, 15) is 4.79 Å². The summed E-state index contributed by atoms with van der Waals surface area (Å²) in [4.78, 5) is 22.1. The molecule has 4 nitrogen and oxygen atoms in total. The number of hydrogen-bond acceptors (Lipinski definition) is 4. The molecule has 1 aliphatic rings. The number of para-hydroxylation sites is 2. The Morgan fingerprint density at radius 3 is 2.85 bits per heavy atom. The lowest BCUT2D eigenvalue weighted by Gasteiger charge is -2.23. The van der Waals surface area contributed by atoms with Gasteiger partial charge in [-0.05, 0) is 30.7 Å². The van der Waals surface area contributed by atoms with Crippen LogP contribution in [0.25, 0.3) is 10.2 Å². The third-order valence-electron chi connectivity index (χ3n) is 4.79. The number of carbonyl (C=O) groups excluding carboxylic acids is 1. The highest BCUT2D eigenvalue weighted by Gasteiger charge is 2.26. The highest BCUT2D eigenvalue weighted by atomic mass is 32.2. The van der Waals surface area contributed by atoms with Gasteiger partial charge in [-0.25, -0.2) is 4.98 Å². The number of benzene rings is 2. The van der Waals surface area contributed by atoms with E-state index in [1.807, 2.05) is 40.9 Å². The van der Waals surface area contributed by atoms with Crippen molar-refractivity contribution in [3.05, 3.63) is 53.5 Å². The van der Waals surface area contributed by atoms with E-state index in [1.165, 1.54) is 14.5 Å². The van der Waals surface area contributed by atoms with Crippen molar-refractivity contribution >= 4 is 44.9 Å². The summed E-state index contributed by atoms with van der Waals surface area (Å²) in [5, 5.41) is 1.61. The Morgan fingerprint density at radius 1 is 1.22 bits per heavy atom. The maximum Gasteiger partial charge on any atom is 0.282 e. The Balaban J connectivity index is 1.46. The number of nitrogens with one attached hydrogen (secondary N) is 1. The van der Waals surface area contributed by atoms with Crippen LogP contribution >= 0.6 is 23.1 Å². The van der Waals surface area contributed by atoms with Crippen molar-refractivity contribution in [2.75, 3.05) is 25.0 Å². The molecule has 2 heterocycles. The van der Waals surface area contributed by atoms with E-state index in [4.69, 9.17) is 4.98 Å². The maximum absolute atomic E-state index is 13.1. The molecule has 2 aromatic carbocycles. The molecular weight excluding hydrogens is 374 g/mol. The van der Waals surface area contributed by atoms with Crippen LogP contribution in [0.5, 0.6) is 0 Å². The number of anilines is 1. The molecule has 1 aliphatic heterocycles. The number of likely N-dealkylation sites (N-methyl/N-ethyl adjacent to an activating group) is 1. The zero-order valence-electron chi connectivity index (χ0n) is 15.6. The SMILES string of the molecule is C[C@@H]1CCN(C(=O)C[NH+](C)Cc2nc3ccccc3s2)c2ccccc2S1. The molecule has 0 aliphatic carbocycles. The van der Waals surface area contributed by atoms with Gasteiger partial charge in [0.15, 0.2) is 6.54 Å². The fourth-order valence-electron chi connectivity index (χ4n) is 3.42. The molecule has 27 heavy (non-hydrogen) atoms. The first kappa shape index (κ1) is 18.5. The van der Waals surface area contributed by atoms with Crippen molar-refractivity contribution in [1.29, 1.82) is 0 Å². The first-order chi connectivity index (χ1) is 13.1. The van der Waals surface area contributed by atoms with Crippen LogP contribution in [0.2, 0.25) is 0 Å². The first-order valence-corrected chi connectivity index (χ1v) is 11.0. The number of quaternary nitrogens is 1. The van der Waals surface area contributed by atoms with Gasteiger partial charge in [0, 0.05) is 16.7 Å². The Kier molecular flexibility index (Phi) is 5.48. The first-order valence-electron chi connectivity index (χ1n) is 9.32. The minimum atomic E-state index is 0.191. The second kappa shape index (κ2) is 8.00. The Morgan fingerprint density at radius 2 is 2.00 bits per heavy atom. The molecule has 0 saturated carbocycles. The molecule has 0 fully saturated rings. The lowest BCUT2D eigenvalue weighted by molar-refractivity contribution is -0.885. The topological polar surface area (TPSA) is 37.6 Å². The molecule has 1 amide bonds. The van der Waals surface area contributed by atoms with Crippen molar-refractivity contribution in [1.82, 2.24) is 4.98 Å². The van der Waals surface area contributed by atoms with Gasteiger partial charge in [0.2, 0.25) is 0 Å². The monoisotopic (exact) mass is 398 g/mol. The summed E-state index contributed by atoms with van der Waals surface area (Å²) in [5.74, 6) is 0.191. The normalized spacial score (nSPS) is 18.1. The van der Waals surface area contributed by atoms with E-state index in [0.717, 1.165) is 35.7 Å². The van der Waals surface area contributed by atoms with E-state index in [2.05, 4.69) is 38.2 Å². The summed E-state index contributed by atoms with van der Waals surface area (Å²) in [5.41, 5.74) is 2.11. The van der Waals surface area contributed by atoms with Crippen LogP contribution in [0, 0.1) is 0 Å². The second-order valence-electron chi connectivity index (χ2n) is 7.12. The molecule has 0 saturated heterocycles. The molecular formula is C21H24N3OS2+. The van der Waals surface area contributed by atoms with Crippen LogP contribution in [0.15, 0.2) is 53.4 Å². The Bertz CT molecular complexity index is 922. The largest absolute Gasteiger partial charge is 0.324 e. The van der Waals surface area contributed by atoms with E-state index in [1.54, 1.807) is 11.3 Å². The second-order valence-corrected chi connectivity index (χ2v) is 9.71. The smallest absolute Gasteiger partial charge is 0.282 e. The molecule has 0 spiro atoms. The fraction of sp³-hybridized carbons (Fsp3) is 0.333. The Hall–Kier alpha value is -1.89. The minimum absolute atomic E-state index is 0.191. The fourth-order valence-corrected chi connectivity index (χ4v) is 5.61. The number of thioether (sulfide) groups is 1. The van der Waals surface area contributed by atoms with E-state index >= 15 is 0 Å². The minimum Gasteiger partial charge on any atom is -0.324 e. The van der Waals surface area contributed by atoms with Crippen LogP contribution in [0.4, 0.5) is 5.69 Å². The number of carbonyl (C=O) groups is 1. The summed E-state index contributed by atoms with van der Waals surface area (Å²) < 4.78 is 1.21. The average molecular weight is 399 g/mol. The molecule has 1 aromatic heterocycles. The van der Waals surface area contributed by atoms with Crippen molar-refractivity contribution in [3.8, 4) is 0 Å². The zero-order valence-corrected chi connectivity index (χ0v) is 17.3. The summed E-state index contributed by atoms with van der Waals surface area (Å²) >= 11 is 3.59. The molecule has 0 radical (unpaired) electrons. The van der Waals surface area contributed by atoms with Gasteiger partial charge in [0.05, 0.1) is 23.0 Å². The molecule has 140 valence electrons. The Labute approximate surface area is 168 Å². The highest BCUT2D eigenvalue weighted by Crippen LogP contribution is 2.37. The summed E-state index contributed by atoms with van der Waals surface area (Å²) in [6, 6.07) is 16.5. The average Bonchev–Trinajstić information content (AvgIpc) is 2.96. The summed E-state index contributed by atoms with van der Waals surface area (Å²) in [7, 11) is 2.07. The van der Waals surface area contributed by atoms with Gasteiger partial charge in [-0.2, -0.15) is 0 Å². The van der Waals surface area contributed by atoms with Crippen molar-refractivity contribution < 1.29 is 9.69 Å². The van der Waals surface area contributed by atoms with Gasteiger partial charge < -0.3 is 9.80 Å². The van der Waals surface area contributed by atoms with Gasteiger partial charge in [0.25, 0.3) is 5.91 Å². The molecule has 4 rings (SSSR count). The lowest BCUT2D eigenvalue weighted by atomic mass is 10.2. The van der Waals surface area contributed by atoms with Crippen LogP contribution in [-0.4, -0.2) is 36.3 Å². The number of thiazole rings is 1.